The van der Waals surface area contributed by atoms with Gasteiger partial charge in [0, 0.05) is 26.0 Å². The van der Waals surface area contributed by atoms with E-state index in [4.69, 9.17) is 0 Å². The molecule has 0 saturated carbocycles. The van der Waals surface area contributed by atoms with E-state index in [9.17, 15) is 22.8 Å². The number of aromatic nitrogens is 4. The minimum absolute atomic E-state index is 0.141. The summed E-state index contributed by atoms with van der Waals surface area (Å²) < 4.78 is 26.5. The lowest BCUT2D eigenvalue weighted by Crippen LogP contribution is -2.37. The molecule has 0 spiro atoms. The van der Waals surface area contributed by atoms with E-state index < -0.39 is 27.0 Å². The van der Waals surface area contributed by atoms with Gasteiger partial charge in [0.15, 0.2) is 21.0 Å². The Morgan fingerprint density at radius 2 is 1.74 bits per heavy atom. The van der Waals surface area contributed by atoms with Crippen LogP contribution in [0.4, 0.5) is 5.69 Å². The maximum absolute atomic E-state index is 12.4. The molecule has 2 aromatic heterocycles. The smallest absolute Gasteiger partial charge is 0.325 e. The highest BCUT2D eigenvalue weighted by atomic mass is 32.2. The lowest BCUT2D eigenvalue weighted by Gasteiger charge is -2.08. The number of fused-ring (bicyclic) bond motifs is 1. The summed E-state index contributed by atoms with van der Waals surface area (Å²) in [5, 5.41) is 2.62. The van der Waals surface area contributed by atoms with Crippen molar-refractivity contribution in [1.29, 1.82) is 0 Å². The topological polar surface area (TPSA) is 125 Å². The molecule has 0 atom stereocenters. The molecule has 0 radical (unpaired) electrons. The number of benzene rings is 1. The first kappa shape index (κ1) is 18.6. The second kappa shape index (κ2) is 6.50. The summed E-state index contributed by atoms with van der Waals surface area (Å²) >= 11 is 0. The Hall–Kier alpha value is -3.21. The normalized spacial score (nSPS) is 11.7. The first-order valence-electron chi connectivity index (χ1n) is 7.80. The van der Waals surface area contributed by atoms with Crippen LogP contribution in [0.25, 0.3) is 11.2 Å². The van der Waals surface area contributed by atoms with E-state index in [1.807, 2.05) is 0 Å². The number of hydrogen-bond acceptors (Lipinski definition) is 6. The summed E-state index contributed by atoms with van der Waals surface area (Å²) in [4.78, 5) is 40.8. The number of rotatable bonds is 4. The van der Waals surface area contributed by atoms with Gasteiger partial charge in [-0.15, -0.1) is 0 Å². The monoisotopic (exact) mass is 391 g/mol. The molecule has 3 aromatic rings. The van der Waals surface area contributed by atoms with Gasteiger partial charge < -0.3 is 9.88 Å². The predicted octanol–water partition coefficient (Wildman–Crippen LogP) is -0.524. The van der Waals surface area contributed by atoms with Crippen LogP contribution in [0, 0.1) is 0 Å². The van der Waals surface area contributed by atoms with Crippen molar-refractivity contribution in [2.75, 3.05) is 11.6 Å². The van der Waals surface area contributed by atoms with Crippen LogP contribution in [0.1, 0.15) is 0 Å². The molecular weight excluding hydrogens is 374 g/mol. The van der Waals surface area contributed by atoms with E-state index in [0.717, 1.165) is 10.8 Å². The van der Waals surface area contributed by atoms with Gasteiger partial charge in [-0.3, -0.25) is 18.7 Å². The first-order valence-corrected chi connectivity index (χ1v) is 9.69. The second-order valence-corrected chi connectivity index (χ2v) is 8.11. The molecule has 1 amide bonds. The summed E-state index contributed by atoms with van der Waals surface area (Å²) in [6, 6.07) is 5.73. The van der Waals surface area contributed by atoms with E-state index in [1.165, 1.54) is 53.8 Å². The molecule has 3 rings (SSSR count). The van der Waals surface area contributed by atoms with Crippen molar-refractivity contribution in [2.45, 2.75) is 11.4 Å². The van der Waals surface area contributed by atoms with Crippen LogP contribution in [0.3, 0.4) is 0 Å². The van der Waals surface area contributed by atoms with Crippen LogP contribution in [0.5, 0.6) is 0 Å². The molecule has 1 N–H and O–H groups in total. The van der Waals surface area contributed by atoms with Gasteiger partial charge in [0.05, 0.1) is 11.2 Å². The fourth-order valence-corrected chi connectivity index (χ4v) is 3.29. The Labute approximate surface area is 153 Å². The molecule has 0 aliphatic carbocycles. The molecule has 2 heterocycles. The van der Waals surface area contributed by atoms with Gasteiger partial charge in [0.1, 0.15) is 6.54 Å². The number of sulfone groups is 1. The fourth-order valence-electron chi connectivity index (χ4n) is 2.66. The highest BCUT2D eigenvalue weighted by molar-refractivity contribution is 7.90. The van der Waals surface area contributed by atoms with Crippen molar-refractivity contribution in [1.82, 2.24) is 18.7 Å². The summed E-state index contributed by atoms with van der Waals surface area (Å²) in [5.74, 6) is -0.433. The number of nitrogens with zero attached hydrogens (tertiary/aromatic N) is 4. The molecule has 10 nitrogen and oxygen atoms in total. The minimum atomic E-state index is -3.32. The third-order valence-corrected chi connectivity index (χ3v) is 5.23. The highest BCUT2D eigenvalue weighted by Crippen LogP contribution is 2.14. The van der Waals surface area contributed by atoms with Gasteiger partial charge in [0.2, 0.25) is 5.91 Å². The SMILES string of the molecule is Cn1c(=O)c2c(ncn2CC(=O)Nc2ccc(S(C)(=O)=O)cc2)n(C)c1=O. The molecule has 11 heteroatoms. The van der Waals surface area contributed by atoms with Crippen LogP contribution in [-0.2, 0) is 35.3 Å². The molecule has 0 fully saturated rings. The molecule has 1 aromatic carbocycles. The van der Waals surface area contributed by atoms with Crippen LogP contribution in [-0.4, -0.2) is 39.3 Å². The van der Waals surface area contributed by atoms with Gasteiger partial charge >= 0.3 is 5.69 Å². The number of anilines is 1. The molecule has 0 aliphatic heterocycles. The molecule has 142 valence electrons. The van der Waals surface area contributed by atoms with Crippen LogP contribution in [0.2, 0.25) is 0 Å². The number of nitrogens with one attached hydrogen (secondary N) is 1. The average Bonchev–Trinajstić information content (AvgIpc) is 3.01. The van der Waals surface area contributed by atoms with Crippen molar-refractivity contribution in [3.8, 4) is 0 Å². The summed E-state index contributed by atoms with van der Waals surface area (Å²) in [6.45, 7) is -0.197. The standard InChI is InChI=1S/C16H17N5O5S/c1-19-14-13(15(23)20(2)16(19)24)21(9-17-14)8-12(22)18-10-4-6-11(7-5-10)27(3,25)26/h4-7,9H,8H2,1-3H3,(H,18,22). The highest BCUT2D eigenvalue weighted by Gasteiger charge is 2.16. The Bertz CT molecular complexity index is 1270. The van der Waals surface area contributed by atoms with Crippen molar-refractivity contribution in [3.05, 3.63) is 51.4 Å². The van der Waals surface area contributed by atoms with Crippen LogP contribution in [0.15, 0.2) is 45.1 Å². The molecule has 27 heavy (non-hydrogen) atoms. The lowest BCUT2D eigenvalue weighted by molar-refractivity contribution is -0.116. The Balaban J connectivity index is 1.87. The van der Waals surface area contributed by atoms with Gasteiger partial charge in [0.25, 0.3) is 5.56 Å². The van der Waals surface area contributed by atoms with Crippen LogP contribution < -0.4 is 16.6 Å². The number of carbonyl (C=O) groups excluding carboxylic acids is 1. The number of hydrogen-bond donors (Lipinski definition) is 1. The van der Waals surface area contributed by atoms with Crippen molar-refractivity contribution in [3.63, 3.8) is 0 Å². The Kier molecular flexibility index (Phi) is 4.47. The molecule has 0 bridgehead atoms. The summed E-state index contributed by atoms with van der Waals surface area (Å²) in [5.41, 5.74) is -0.309. The third kappa shape index (κ3) is 3.40. The maximum atomic E-state index is 12.4. The van der Waals surface area contributed by atoms with Crippen LogP contribution >= 0.6 is 0 Å². The third-order valence-electron chi connectivity index (χ3n) is 4.10. The zero-order chi connectivity index (χ0) is 19.9. The molecule has 0 unspecified atom stereocenters. The van der Waals surface area contributed by atoms with E-state index >= 15 is 0 Å². The van der Waals surface area contributed by atoms with Crippen molar-refractivity contribution >= 4 is 32.6 Å². The van der Waals surface area contributed by atoms with E-state index in [-0.39, 0.29) is 22.6 Å². The van der Waals surface area contributed by atoms with Crippen molar-refractivity contribution in [2.24, 2.45) is 14.1 Å². The zero-order valence-corrected chi connectivity index (χ0v) is 15.6. The van der Waals surface area contributed by atoms with Gasteiger partial charge in [-0.25, -0.2) is 18.2 Å². The fraction of sp³-hybridized carbons (Fsp3) is 0.250. The Morgan fingerprint density at radius 1 is 1.11 bits per heavy atom. The minimum Gasteiger partial charge on any atom is -0.325 e. The molecular formula is C16H17N5O5S. The number of aryl methyl sites for hydroxylation is 1. The molecule has 0 aliphatic rings. The molecule has 0 saturated heterocycles. The van der Waals surface area contributed by atoms with Crippen molar-refractivity contribution < 1.29 is 13.2 Å². The lowest BCUT2D eigenvalue weighted by atomic mass is 10.3. The first-order chi connectivity index (χ1) is 12.6. The number of carbonyl (C=O) groups is 1. The predicted molar refractivity (Wildman–Crippen MR) is 98.4 cm³/mol. The largest absolute Gasteiger partial charge is 0.332 e. The van der Waals surface area contributed by atoms with E-state index in [2.05, 4.69) is 10.3 Å². The zero-order valence-electron chi connectivity index (χ0n) is 14.8. The number of imidazole rings is 1. The Morgan fingerprint density at radius 3 is 2.33 bits per heavy atom. The quantitative estimate of drug-likeness (QED) is 0.638. The second-order valence-electron chi connectivity index (χ2n) is 6.10. The van der Waals surface area contributed by atoms with Gasteiger partial charge in [-0.1, -0.05) is 0 Å². The van der Waals surface area contributed by atoms with E-state index in [1.54, 1.807) is 0 Å². The van der Waals surface area contributed by atoms with Gasteiger partial charge in [-0.2, -0.15) is 0 Å². The maximum Gasteiger partial charge on any atom is 0.332 e. The summed E-state index contributed by atoms with van der Waals surface area (Å²) in [7, 11) is -0.477. The summed E-state index contributed by atoms with van der Waals surface area (Å²) in [6.07, 6.45) is 2.41. The average molecular weight is 391 g/mol. The van der Waals surface area contributed by atoms with E-state index in [0.29, 0.717) is 5.69 Å². The number of amides is 1. The van der Waals surface area contributed by atoms with Gasteiger partial charge in [-0.05, 0) is 24.3 Å².